The van der Waals surface area contributed by atoms with Crippen LogP contribution in [0.2, 0.25) is 5.02 Å². The van der Waals surface area contributed by atoms with Crippen LogP contribution in [0.3, 0.4) is 0 Å². The van der Waals surface area contributed by atoms with Crippen molar-refractivity contribution in [3.05, 3.63) is 28.8 Å². The molecule has 1 heterocycles. The van der Waals surface area contributed by atoms with Crippen LogP contribution in [0.5, 0.6) is 0 Å². The van der Waals surface area contributed by atoms with Crippen molar-refractivity contribution < 1.29 is 4.74 Å². The summed E-state index contributed by atoms with van der Waals surface area (Å²) in [5, 5.41) is 0.738. The topological polar surface area (TPSA) is 38.5 Å². The fraction of sp³-hybridized carbons (Fsp3) is 0.571. The third kappa shape index (κ3) is 3.16. The number of hydrogen-bond donors (Lipinski definition) is 1. The molecule has 1 fully saturated rings. The van der Waals surface area contributed by atoms with E-state index in [0.717, 1.165) is 35.8 Å². The standard InChI is InChI=1S/C14H21ClN2O/c1-10(16)13-6-5-11(8-14(13)15)17(2)9-12-4-3-7-18-12/h5-6,8,10,12H,3-4,7,9,16H2,1-2H3. The first-order chi connectivity index (χ1) is 8.58. The highest BCUT2D eigenvalue weighted by Crippen LogP contribution is 2.27. The van der Waals surface area contributed by atoms with Gasteiger partial charge in [-0.25, -0.2) is 0 Å². The van der Waals surface area contributed by atoms with Crippen molar-refractivity contribution in [3.8, 4) is 0 Å². The molecule has 0 aromatic heterocycles. The highest BCUT2D eigenvalue weighted by molar-refractivity contribution is 6.31. The molecule has 2 atom stereocenters. The lowest BCUT2D eigenvalue weighted by atomic mass is 10.1. The zero-order valence-electron chi connectivity index (χ0n) is 11.0. The van der Waals surface area contributed by atoms with E-state index in [0.29, 0.717) is 6.10 Å². The quantitative estimate of drug-likeness (QED) is 0.912. The summed E-state index contributed by atoms with van der Waals surface area (Å²) in [4.78, 5) is 2.19. The Hall–Kier alpha value is -0.770. The molecule has 1 aliphatic rings. The number of hydrogen-bond acceptors (Lipinski definition) is 3. The van der Waals surface area contributed by atoms with Gasteiger partial charge in [0, 0.05) is 37.0 Å². The Kier molecular flexibility index (Phi) is 4.49. The molecule has 2 N–H and O–H groups in total. The number of nitrogens with zero attached hydrogens (tertiary/aromatic N) is 1. The molecule has 1 aromatic carbocycles. The third-order valence-corrected chi connectivity index (χ3v) is 3.74. The molecule has 3 nitrogen and oxygen atoms in total. The number of rotatable bonds is 4. The highest BCUT2D eigenvalue weighted by atomic mass is 35.5. The first-order valence-corrected chi connectivity index (χ1v) is 6.83. The summed E-state index contributed by atoms with van der Waals surface area (Å²) in [5.74, 6) is 0. The number of nitrogens with two attached hydrogens (primary N) is 1. The zero-order valence-corrected chi connectivity index (χ0v) is 11.8. The van der Waals surface area contributed by atoms with E-state index in [9.17, 15) is 0 Å². The summed E-state index contributed by atoms with van der Waals surface area (Å²) >= 11 is 6.25. The molecule has 0 spiro atoms. The SMILES string of the molecule is CC(N)c1ccc(N(C)CC2CCCO2)cc1Cl. The van der Waals surface area contributed by atoms with Gasteiger partial charge in [0.25, 0.3) is 0 Å². The van der Waals surface area contributed by atoms with Crippen LogP contribution in [-0.2, 0) is 4.74 Å². The lowest BCUT2D eigenvalue weighted by Gasteiger charge is -2.23. The molecular weight excluding hydrogens is 248 g/mol. The Balaban J connectivity index is 2.05. The van der Waals surface area contributed by atoms with Gasteiger partial charge in [0.1, 0.15) is 0 Å². The van der Waals surface area contributed by atoms with Crippen LogP contribution < -0.4 is 10.6 Å². The van der Waals surface area contributed by atoms with E-state index in [1.54, 1.807) is 0 Å². The average Bonchev–Trinajstić information content (AvgIpc) is 2.81. The highest BCUT2D eigenvalue weighted by Gasteiger charge is 2.18. The van der Waals surface area contributed by atoms with E-state index < -0.39 is 0 Å². The molecule has 0 saturated carbocycles. The van der Waals surface area contributed by atoms with Crippen LogP contribution in [0.15, 0.2) is 18.2 Å². The Morgan fingerprint density at radius 3 is 2.89 bits per heavy atom. The first-order valence-electron chi connectivity index (χ1n) is 6.45. The van der Waals surface area contributed by atoms with E-state index in [4.69, 9.17) is 22.1 Å². The summed E-state index contributed by atoms with van der Waals surface area (Å²) in [5.41, 5.74) is 7.96. The van der Waals surface area contributed by atoms with Crippen LogP contribution in [-0.4, -0.2) is 26.3 Å². The minimum absolute atomic E-state index is 0.0324. The smallest absolute Gasteiger partial charge is 0.0750 e. The van der Waals surface area contributed by atoms with Gasteiger partial charge in [-0.2, -0.15) is 0 Å². The number of halogens is 1. The van der Waals surface area contributed by atoms with Gasteiger partial charge in [0.15, 0.2) is 0 Å². The second-order valence-electron chi connectivity index (χ2n) is 5.01. The molecule has 1 aromatic rings. The van der Waals surface area contributed by atoms with Gasteiger partial charge < -0.3 is 15.4 Å². The molecule has 1 aliphatic heterocycles. The normalized spacial score (nSPS) is 21.0. The Morgan fingerprint density at radius 1 is 1.56 bits per heavy atom. The van der Waals surface area contributed by atoms with Gasteiger partial charge in [-0.1, -0.05) is 17.7 Å². The van der Waals surface area contributed by atoms with Gasteiger partial charge in [0.2, 0.25) is 0 Å². The summed E-state index contributed by atoms with van der Waals surface area (Å²) in [6.45, 7) is 3.74. The molecule has 1 saturated heterocycles. The van der Waals surface area contributed by atoms with Crippen LogP contribution in [0.25, 0.3) is 0 Å². The number of anilines is 1. The van der Waals surface area contributed by atoms with Crippen molar-refractivity contribution in [3.63, 3.8) is 0 Å². The maximum Gasteiger partial charge on any atom is 0.0750 e. The van der Waals surface area contributed by atoms with Crippen molar-refractivity contribution in [2.45, 2.75) is 31.9 Å². The van der Waals surface area contributed by atoms with E-state index in [2.05, 4.69) is 18.0 Å². The molecule has 0 aliphatic carbocycles. The third-order valence-electron chi connectivity index (χ3n) is 3.42. The lowest BCUT2D eigenvalue weighted by Crippen LogP contribution is -2.28. The molecule has 2 rings (SSSR count). The molecule has 0 amide bonds. The Bertz CT molecular complexity index is 403. The molecule has 2 unspecified atom stereocenters. The lowest BCUT2D eigenvalue weighted by molar-refractivity contribution is 0.116. The van der Waals surface area contributed by atoms with E-state index >= 15 is 0 Å². The van der Waals surface area contributed by atoms with Crippen molar-refractivity contribution in [2.24, 2.45) is 5.73 Å². The molecule has 0 bridgehead atoms. The van der Waals surface area contributed by atoms with E-state index in [1.165, 1.54) is 6.42 Å². The Labute approximate surface area is 114 Å². The maximum atomic E-state index is 6.25. The van der Waals surface area contributed by atoms with Crippen molar-refractivity contribution in [1.29, 1.82) is 0 Å². The van der Waals surface area contributed by atoms with Gasteiger partial charge >= 0.3 is 0 Å². The second-order valence-corrected chi connectivity index (χ2v) is 5.42. The molecule has 0 radical (unpaired) electrons. The van der Waals surface area contributed by atoms with Crippen molar-refractivity contribution >= 4 is 17.3 Å². The van der Waals surface area contributed by atoms with Crippen LogP contribution in [0.4, 0.5) is 5.69 Å². The molecule has 100 valence electrons. The van der Waals surface area contributed by atoms with Crippen molar-refractivity contribution in [1.82, 2.24) is 0 Å². The predicted molar refractivity (Wildman–Crippen MR) is 76.3 cm³/mol. The summed E-state index contributed by atoms with van der Waals surface area (Å²) in [6.07, 6.45) is 2.67. The summed E-state index contributed by atoms with van der Waals surface area (Å²) < 4.78 is 5.64. The number of benzene rings is 1. The predicted octanol–water partition coefficient (Wildman–Crippen LogP) is 2.97. The van der Waals surface area contributed by atoms with Crippen molar-refractivity contribution in [2.75, 3.05) is 25.1 Å². The largest absolute Gasteiger partial charge is 0.376 e. The number of ether oxygens (including phenoxy) is 1. The minimum Gasteiger partial charge on any atom is -0.376 e. The molecular formula is C14H21ClN2O. The fourth-order valence-corrected chi connectivity index (χ4v) is 2.67. The second kappa shape index (κ2) is 5.91. The van der Waals surface area contributed by atoms with Crippen LogP contribution >= 0.6 is 11.6 Å². The van der Waals surface area contributed by atoms with Gasteiger partial charge in [-0.3, -0.25) is 0 Å². The molecule has 18 heavy (non-hydrogen) atoms. The minimum atomic E-state index is -0.0324. The van der Waals surface area contributed by atoms with Crippen LogP contribution in [0.1, 0.15) is 31.4 Å². The molecule has 4 heteroatoms. The fourth-order valence-electron chi connectivity index (χ4n) is 2.32. The van der Waals surface area contributed by atoms with Gasteiger partial charge in [-0.05, 0) is 37.5 Å². The maximum absolute atomic E-state index is 6.25. The van der Waals surface area contributed by atoms with E-state index in [1.807, 2.05) is 19.1 Å². The first kappa shape index (κ1) is 13.7. The van der Waals surface area contributed by atoms with Crippen LogP contribution in [0, 0.1) is 0 Å². The summed E-state index contributed by atoms with van der Waals surface area (Å²) in [6, 6.07) is 6.03. The monoisotopic (exact) mass is 268 g/mol. The van der Waals surface area contributed by atoms with E-state index in [-0.39, 0.29) is 6.04 Å². The van der Waals surface area contributed by atoms with Gasteiger partial charge in [0.05, 0.1) is 6.10 Å². The average molecular weight is 269 g/mol. The zero-order chi connectivity index (χ0) is 13.1. The van der Waals surface area contributed by atoms with Gasteiger partial charge in [-0.15, -0.1) is 0 Å². The Morgan fingerprint density at radius 2 is 2.33 bits per heavy atom. The summed E-state index contributed by atoms with van der Waals surface area (Å²) in [7, 11) is 2.07. The number of likely N-dealkylation sites (N-methyl/N-ethyl adjacent to an activating group) is 1.